The molecule has 2 aromatic rings. The SMILES string of the molecule is CC(C)c1nc(COc2cc(Cl)ccc2C#N)no1. The van der Waals surface area contributed by atoms with Gasteiger partial charge in [-0.1, -0.05) is 30.6 Å². The molecule has 0 saturated carbocycles. The summed E-state index contributed by atoms with van der Waals surface area (Å²) < 4.78 is 10.6. The van der Waals surface area contributed by atoms with Crippen LogP contribution < -0.4 is 4.74 Å². The average Bonchev–Trinajstić information content (AvgIpc) is 2.85. The molecule has 98 valence electrons. The summed E-state index contributed by atoms with van der Waals surface area (Å²) in [6, 6.07) is 6.86. The van der Waals surface area contributed by atoms with Crippen LogP contribution in [0.15, 0.2) is 22.7 Å². The highest BCUT2D eigenvalue weighted by atomic mass is 35.5. The Bertz CT molecular complexity index is 617. The van der Waals surface area contributed by atoms with E-state index < -0.39 is 0 Å². The van der Waals surface area contributed by atoms with Crippen LogP contribution in [0.5, 0.6) is 5.75 Å². The van der Waals surface area contributed by atoms with E-state index in [-0.39, 0.29) is 12.5 Å². The van der Waals surface area contributed by atoms with Gasteiger partial charge in [0.25, 0.3) is 0 Å². The van der Waals surface area contributed by atoms with Crippen molar-refractivity contribution in [2.45, 2.75) is 26.4 Å². The monoisotopic (exact) mass is 277 g/mol. The van der Waals surface area contributed by atoms with Crippen LogP contribution >= 0.6 is 11.6 Å². The maximum absolute atomic E-state index is 8.96. The minimum atomic E-state index is 0.130. The molecule has 1 aromatic heterocycles. The van der Waals surface area contributed by atoms with Crippen molar-refractivity contribution in [2.24, 2.45) is 0 Å². The van der Waals surface area contributed by atoms with Crippen molar-refractivity contribution in [3.05, 3.63) is 40.5 Å². The lowest BCUT2D eigenvalue weighted by atomic mass is 10.2. The Morgan fingerprint density at radius 1 is 1.47 bits per heavy atom. The lowest BCUT2D eigenvalue weighted by Crippen LogP contribution is -1.99. The number of rotatable bonds is 4. The quantitative estimate of drug-likeness (QED) is 0.857. The standard InChI is InChI=1S/C13H12ClN3O2/c1-8(2)13-16-12(17-19-13)7-18-11-5-10(14)4-3-9(11)6-15/h3-5,8H,7H2,1-2H3. The molecule has 0 aliphatic rings. The van der Waals surface area contributed by atoms with Gasteiger partial charge in [-0.25, -0.2) is 0 Å². The van der Waals surface area contributed by atoms with Gasteiger partial charge >= 0.3 is 0 Å². The van der Waals surface area contributed by atoms with Crippen LogP contribution in [0.3, 0.4) is 0 Å². The van der Waals surface area contributed by atoms with Gasteiger partial charge in [0.05, 0.1) is 5.56 Å². The fourth-order valence-electron chi connectivity index (χ4n) is 1.41. The normalized spacial score (nSPS) is 10.5. The van der Waals surface area contributed by atoms with E-state index in [2.05, 4.69) is 10.1 Å². The molecule has 2 rings (SSSR count). The van der Waals surface area contributed by atoms with Crippen molar-refractivity contribution in [1.29, 1.82) is 5.26 Å². The number of nitriles is 1. The third-order valence-electron chi connectivity index (χ3n) is 2.40. The minimum Gasteiger partial charge on any atom is -0.484 e. The molecule has 1 heterocycles. The van der Waals surface area contributed by atoms with Gasteiger partial charge in [-0.05, 0) is 12.1 Å². The number of benzene rings is 1. The number of hydrogen-bond donors (Lipinski definition) is 0. The van der Waals surface area contributed by atoms with E-state index >= 15 is 0 Å². The van der Waals surface area contributed by atoms with Gasteiger partial charge in [-0.2, -0.15) is 10.2 Å². The molecule has 0 fully saturated rings. The van der Waals surface area contributed by atoms with Gasteiger partial charge in [0, 0.05) is 17.0 Å². The molecule has 0 unspecified atom stereocenters. The maximum atomic E-state index is 8.96. The van der Waals surface area contributed by atoms with Crippen LogP contribution in [-0.4, -0.2) is 10.1 Å². The zero-order chi connectivity index (χ0) is 13.8. The van der Waals surface area contributed by atoms with Gasteiger partial charge in [0.15, 0.2) is 6.61 Å². The second-order valence-electron chi connectivity index (χ2n) is 4.24. The predicted octanol–water partition coefficient (Wildman–Crippen LogP) is 3.30. The van der Waals surface area contributed by atoms with Gasteiger partial charge in [0.1, 0.15) is 11.8 Å². The molecule has 6 heteroatoms. The van der Waals surface area contributed by atoms with Gasteiger partial charge in [-0.3, -0.25) is 0 Å². The van der Waals surface area contributed by atoms with E-state index in [1.807, 2.05) is 19.9 Å². The van der Waals surface area contributed by atoms with Crippen LogP contribution in [0.4, 0.5) is 0 Å². The van der Waals surface area contributed by atoms with Crippen molar-refractivity contribution < 1.29 is 9.26 Å². The van der Waals surface area contributed by atoms with Crippen LogP contribution in [0.1, 0.15) is 37.0 Å². The lowest BCUT2D eigenvalue weighted by molar-refractivity contribution is 0.283. The van der Waals surface area contributed by atoms with Crippen LogP contribution in [0, 0.1) is 11.3 Å². The van der Waals surface area contributed by atoms with E-state index in [9.17, 15) is 0 Å². The molecule has 1 aromatic carbocycles. The third kappa shape index (κ3) is 3.24. The molecular weight excluding hydrogens is 266 g/mol. The molecule has 0 amide bonds. The Labute approximate surface area is 115 Å². The van der Waals surface area contributed by atoms with Crippen LogP contribution in [-0.2, 0) is 6.61 Å². The number of hydrogen-bond acceptors (Lipinski definition) is 5. The topological polar surface area (TPSA) is 71.9 Å². The summed E-state index contributed by atoms with van der Waals surface area (Å²) >= 11 is 5.86. The summed E-state index contributed by atoms with van der Waals surface area (Å²) in [5, 5.41) is 13.3. The molecular formula is C13H12ClN3O2. The predicted molar refractivity (Wildman–Crippen MR) is 68.9 cm³/mol. The van der Waals surface area contributed by atoms with E-state index in [4.69, 9.17) is 26.1 Å². The smallest absolute Gasteiger partial charge is 0.229 e. The van der Waals surface area contributed by atoms with Crippen LogP contribution in [0.2, 0.25) is 5.02 Å². The molecule has 19 heavy (non-hydrogen) atoms. The zero-order valence-electron chi connectivity index (χ0n) is 10.6. The van der Waals surface area contributed by atoms with Crippen molar-refractivity contribution >= 4 is 11.6 Å². The highest BCUT2D eigenvalue weighted by Gasteiger charge is 2.11. The summed E-state index contributed by atoms with van der Waals surface area (Å²) in [5.74, 6) is 1.57. The fraction of sp³-hybridized carbons (Fsp3) is 0.308. The number of aromatic nitrogens is 2. The fourth-order valence-corrected chi connectivity index (χ4v) is 1.57. The Morgan fingerprint density at radius 3 is 2.89 bits per heavy atom. The number of halogens is 1. The van der Waals surface area contributed by atoms with E-state index in [0.717, 1.165) is 0 Å². The zero-order valence-corrected chi connectivity index (χ0v) is 11.3. The Kier molecular flexibility index (Phi) is 4.03. The summed E-state index contributed by atoms with van der Waals surface area (Å²) in [7, 11) is 0. The molecule has 0 N–H and O–H groups in total. The highest BCUT2D eigenvalue weighted by molar-refractivity contribution is 6.30. The maximum Gasteiger partial charge on any atom is 0.229 e. The Morgan fingerprint density at radius 2 is 2.26 bits per heavy atom. The molecule has 0 saturated heterocycles. The van der Waals surface area contributed by atoms with E-state index in [1.165, 1.54) is 0 Å². The van der Waals surface area contributed by atoms with Crippen molar-refractivity contribution in [2.75, 3.05) is 0 Å². The third-order valence-corrected chi connectivity index (χ3v) is 2.63. The molecule has 0 radical (unpaired) electrons. The summed E-state index contributed by atoms with van der Waals surface area (Å²) in [5.41, 5.74) is 0.414. The summed E-state index contributed by atoms with van der Waals surface area (Å²) in [6.07, 6.45) is 0. The number of nitrogens with zero attached hydrogens (tertiary/aromatic N) is 3. The lowest BCUT2D eigenvalue weighted by Gasteiger charge is -2.05. The second kappa shape index (κ2) is 5.72. The Hall–Kier alpha value is -2.06. The molecule has 0 spiro atoms. The van der Waals surface area contributed by atoms with Crippen molar-refractivity contribution in [3.8, 4) is 11.8 Å². The first-order chi connectivity index (χ1) is 9.10. The Balaban J connectivity index is 2.10. The van der Waals surface area contributed by atoms with Crippen molar-refractivity contribution in [3.63, 3.8) is 0 Å². The molecule has 5 nitrogen and oxygen atoms in total. The highest BCUT2D eigenvalue weighted by Crippen LogP contribution is 2.23. The largest absolute Gasteiger partial charge is 0.484 e. The van der Waals surface area contributed by atoms with Gasteiger partial charge in [0.2, 0.25) is 11.7 Å². The summed E-state index contributed by atoms with van der Waals surface area (Å²) in [4.78, 5) is 4.18. The molecule has 0 aliphatic carbocycles. The van der Waals surface area contributed by atoms with E-state index in [1.54, 1.807) is 18.2 Å². The molecule has 0 atom stereocenters. The molecule has 0 aliphatic heterocycles. The average molecular weight is 278 g/mol. The first kappa shape index (κ1) is 13.4. The number of ether oxygens (including phenoxy) is 1. The second-order valence-corrected chi connectivity index (χ2v) is 4.68. The molecule has 0 bridgehead atoms. The first-order valence-corrected chi connectivity index (χ1v) is 6.13. The van der Waals surface area contributed by atoms with Gasteiger partial charge < -0.3 is 9.26 Å². The van der Waals surface area contributed by atoms with E-state index in [0.29, 0.717) is 28.1 Å². The van der Waals surface area contributed by atoms with Gasteiger partial charge in [-0.15, -0.1) is 0 Å². The van der Waals surface area contributed by atoms with Crippen molar-refractivity contribution in [1.82, 2.24) is 10.1 Å². The minimum absolute atomic E-state index is 0.130. The first-order valence-electron chi connectivity index (χ1n) is 5.75. The summed E-state index contributed by atoms with van der Waals surface area (Å²) in [6.45, 7) is 4.05. The van der Waals surface area contributed by atoms with Crippen LogP contribution in [0.25, 0.3) is 0 Å².